The van der Waals surface area contributed by atoms with E-state index >= 15 is 0 Å². The number of sulfonamides is 1. The van der Waals surface area contributed by atoms with Crippen molar-refractivity contribution in [1.82, 2.24) is 13.9 Å². The molecule has 1 N–H and O–H groups in total. The Morgan fingerprint density at radius 2 is 2.00 bits per heavy atom. The van der Waals surface area contributed by atoms with E-state index in [-0.39, 0.29) is 16.7 Å². The molecule has 0 saturated carbocycles. The second-order valence-corrected chi connectivity index (χ2v) is 8.74. The van der Waals surface area contributed by atoms with Crippen LogP contribution < -0.4 is 0 Å². The third-order valence-corrected chi connectivity index (χ3v) is 6.52. The van der Waals surface area contributed by atoms with Crippen molar-refractivity contribution in [3.8, 4) is 0 Å². The highest BCUT2D eigenvalue weighted by molar-refractivity contribution is 7.89. The standard InChI is InChI=1S/C14H23N3O4S.C2HF3O2/c1-3-20-12-8-14(21-10-12)4-6-17(7-5-14)22(18,19)13-9-16(2)11-15-13;3-2(4,5)1(6)7/h9,11-12H,3-8,10H2,1-2H3;(H,6,7). The number of hydrogen-bond donors (Lipinski definition) is 1. The van der Waals surface area contributed by atoms with Gasteiger partial charge >= 0.3 is 12.1 Å². The monoisotopic (exact) mass is 443 g/mol. The van der Waals surface area contributed by atoms with Crippen LogP contribution in [-0.4, -0.2) is 77.5 Å². The number of piperidine rings is 1. The van der Waals surface area contributed by atoms with Gasteiger partial charge in [0, 0.05) is 39.4 Å². The Morgan fingerprint density at radius 3 is 2.45 bits per heavy atom. The molecular formula is C16H24F3N3O6S. The number of carboxylic acid groups (broad SMARTS) is 1. The number of aryl methyl sites for hydroxylation is 1. The first-order valence-corrected chi connectivity index (χ1v) is 10.4. The molecule has 13 heteroatoms. The number of aliphatic carboxylic acids is 1. The summed E-state index contributed by atoms with van der Waals surface area (Å²) in [5.74, 6) is -2.76. The molecule has 0 radical (unpaired) electrons. The smallest absolute Gasteiger partial charge is 0.475 e. The summed E-state index contributed by atoms with van der Waals surface area (Å²) >= 11 is 0. The SMILES string of the molecule is CCOC1COC2(CCN(S(=O)(=O)c3cn(C)cn3)CC2)C1.O=C(O)C(F)(F)F. The van der Waals surface area contributed by atoms with E-state index in [4.69, 9.17) is 19.4 Å². The lowest BCUT2D eigenvalue weighted by Crippen LogP contribution is -2.46. The number of ether oxygens (including phenoxy) is 2. The molecule has 1 atom stereocenters. The van der Waals surface area contributed by atoms with E-state index in [0.29, 0.717) is 39.1 Å². The Labute approximate surface area is 166 Å². The van der Waals surface area contributed by atoms with Gasteiger partial charge in [0.05, 0.1) is 24.6 Å². The number of imidazole rings is 1. The zero-order chi connectivity index (χ0) is 21.9. The number of halogens is 3. The molecule has 0 bridgehead atoms. The minimum Gasteiger partial charge on any atom is -0.475 e. The molecule has 29 heavy (non-hydrogen) atoms. The summed E-state index contributed by atoms with van der Waals surface area (Å²) in [4.78, 5) is 12.9. The summed E-state index contributed by atoms with van der Waals surface area (Å²) in [6, 6.07) is 0. The maximum atomic E-state index is 12.6. The summed E-state index contributed by atoms with van der Waals surface area (Å²) in [6.45, 7) is 4.22. The molecule has 3 rings (SSSR count). The molecule has 2 aliphatic heterocycles. The van der Waals surface area contributed by atoms with E-state index in [1.165, 1.54) is 16.8 Å². The number of rotatable bonds is 4. The predicted octanol–water partition coefficient (Wildman–Crippen LogP) is 1.40. The van der Waals surface area contributed by atoms with Gasteiger partial charge in [-0.15, -0.1) is 0 Å². The van der Waals surface area contributed by atoms with Crippen LogP contribution in [0.5, 0.6) is 0 Å². The van der Waals surface area contributed by atoms with Gasteiger partial charge in [0.2, 0.25) is 0 Å². The van der Waals surface area contributed by atoms with Crippen molar-refractivity contribution < 1.29 is 41.0 Å². The number of aromatic nitrogens is 2. The fourth-order valence-electron chi connectivity index (χ4n) is 3.28. The van der Waals surface area contributed by atoms with Crippen LogP contribution in [0.4, 0.5) is 13.2 Å². The van der Waals surface area contributed by atoms with Gasteiger partial charge in [0.1, 0.15) is 0 Å². The molecule has 3 heterocycles. The van der Waals surface area contributed by atoms with Gasteiger partial charge < -0.3 is 19.1 Å². The summed E-state index contributed by atoms with van der Waals surface area (Å²) in [6.07, 6.45) is 0.384. The van der Waals surface area contributed by atoms with Crippen LogP contribution in [0.3, 0.4) is 0 Å². The molecule has 0 aromatic carbocycles. The van der Waals surface area contributed by atoms with Crippen molar-refractivity contribution in [2.24, 2.45) is 7.05 Å². The van der Waals surface area contributed by atoms with E-state index in [2.05, 4.69) is 4.98 Å². The average molecular weight is 443 g/mol. The Bertz CT molecular complexity index is 803. The molecule has 1 aromatic heterocycles. The van der Waals surface area contributed by atoms with Crippen LogP contribution in [-0.2, 0) is 31.3 Å². The highest BCUT2D eigenvalue weighted by Crippen LogP contribution is 2.38. The van der Waals surface area contributed by atoms with Gasteiger partial charge in [0.25, 0.3) is 10.0 Å². The van der Waals surface area contributed by atoms with Crippen molar-refractivity contribution in [3.05, 3.63) is 12.5 Å². The zero-order valence-electron chi connectivity index (χ0n) is 16.1. The predicted molar refractivity (Wildman–Crippen MR) is 93.6 cm³/mol. The summed E-state index contributed by atoms with van der Waals surface area (Å²) in [5.41, 5.74) is -0.212. The van der Waals surface area contributed by atoms with Gasteiger partial charge in [-0.2, -0.15) is 17.5 Å². The molecule has 1 spiro atoms. The zero-order valence-corrected chi connectivity index (χ0v) is 16.9. The average Bonchev–Trinajstić information content (AvgIpc) is 3.23. The van der Waals surface area contributed by atoms with Gasteiger partial charge in [0.15, 0.2) is 5.03 Å². The van der Waals surface area contributed by atoms with Crippen LogP contribution in [0.1, 0.15) is 26.2 Å². The van der Waals surface area contributed by atoms with Crippen molar-refractivity contribution in [2.45, 2.75) is 49.1 Å². The second kappa shape index (κ2) is 8.98. The normalized spacial score (nSPS) is 22.3. The lowest BCUT2D eigenvalue weighted by atomic mass is 9.89. The Morgan fingerprint density at radius 1 is 1.41 bits per heavy atom. The van der Waals surface area contributed by atoms with Crippen LogP contribution in [0.2, 0.25) is 0 Å². The summed E-state index contributed by atoms with van der Waals surface area (Å²) < 4.78 is 71.6. The third-order valence-electron chi connectivity index (χ3n) is 4.74. The van der Waals surface area contributed by atoms with Crippen molar-refractivity contribution in [2.75, 3.05) is 26.3 Å². The van der Waals surface area contributed by atoms with Crippen molar-refractivity contribution >= 4 is 16.0 Å². The van der Waals surface area contributed by atoms with E-state index in [0.717, 1.165) is 6.42 Å². The lowest BCUT2D eigenvalue weighted by molar-refractivity contribution is -0.192. The number of nitrogens with zero attached hydrogens (tertiary/aromatic N) is 3. The summed E-state index contributed by atoms with van der Waals surface area (Å²) in [5, 5.41) is 7.24. The Hall–Kier alpha value is -1.70. The van der Waals surface area contributed by atoms with Crippen LogP contribution in [0.25, 0.3) is 0 Å². The number of alkyl halides is 3. The van der Waals surface area contributed by atoms with Gasteiger partial charge in [-0.05, 0) is 19.8 Å². The molecule has 0 aliphatic carbocycles. The minimum atomic E-state index is -5.08. The van der Waals surface area contributed by atoms with Crippen molar-refractivity contribution in [3.63, 3.8) is 0 Å². The fraction of sp³-hybridized carbons (Fsp3) is 0.750. The molecule has 1 unspecified atom stereocenters. The van der Waals surface area contributed by atoms with Crippen LogP contribution in [0, 0.1) is 0 Å². The summed E-state index contributed by atoms with van der Waals surface area (Å²) in [7, 11) is -1.74. The third kappa shape index (κ3) is 5.90. The van der Waals surface area contributed by atoms with Crippen LogP contribution in [0.15, 0.2) is 17.6 Å². The second-order valence-electron chi connectivity index (χ2n) is 6.86. The van der Waals surface area contributed by atoms with E-state index < -0.39 is 22.2 Å². The Balaban J connectivity index is 0.000000370. The number of hydrogen-bond acceptors (Lipinski definition) is 6. The van der Waals surface area contributed by atoms with Gasteiger partial charge in [-0.1, -0.05) is 0 Å². The van der Waals surface area contributed by atoms with Crippen molar-refractivity contribution in [1.29, 1.82) is 0 Å². The number of carboxylic acids is 1. The molecule has 2 aliphatic rings. The molecule has 0 amide bonds. The largest absolute Gasteiger partial charge is 0.490 e. The van der Waals surface area contributed by atoms with Gasteiger partial charge in [-0.3, -0.25) is 0 Å². The highest BCUT2D eigenvalue weighted by atomic mass is 32.2. The Kier molecular flexibility index (Phi) is 7.30. The van der Waals surface area contributed by atoms with E-state index in [1.807, 2.05) is 6.92 Å². The lowest BCUT2D eigenvalue weighted by Gasteiger charge is -2.37. The molecule has 1 aromatic rings. The minimum absolute atomic E-state index is 0.116. The molecule has 9 nitrogen and oxygen atoms in total. The first-order valence-electron chi connectivity index (χ1n) is 8.93. The number of carbonyl (C=O) groups is 1. The molecule has 2 saturated heterocycles. The highest BCUT2D eigenvalue weighted by Gasteiger charge is 2.45. The molecule has 2 fully saturated rings. The maximum Gasteiger partial charge on any atom is 0.490 e. The first-order chi connectivity index (χ1) is 13.4. The van der Waals surface area contributed by atoms with Crippen LogP contribution >= 0.6 is 0 Å². The van der Waals surface area contributed by atoms with E-state index in [1.54, 1.807) is 11.6 Å². The van der Waals surface area contributed by atoms with Gasteiger partial charge in [-0.25, -0.2) is 18.2 Å². The molecular weight excluding hydrogens is 419 g/mol. The first kappa shape index (κ1) is 23.6. The maximum absolute atomic E-state index is 12.6. The quantitative estimate of drug-likeness (QED) is 0.749. The topological polar surface area (TPSA) is 111 Å². The molecule has 166 valence electrons. The fourth-order valence-corrected chi connectivity index (χ4v) is 4.69. The van der Waals surface area contributed by atoms with E-state index in [9.17, 15) is 21.6 Å².